The molecule has 1 amide bonds. The molecule has 1 N–H and O–H groups in total. The molecule has 6 nitrogen and oxygen atoms in total. The topological polar surface area (TPSA) is 73.3 Å². The first-order chi connectivity index (χ1) is 11.7. The first kappa shape index (κ1) is 15.2. The number of carbonyl (C=O) groups excluding carboxylic acids is 1. The zero-order valence-electron chi connectivity index (χ0n) is 12.9. The highest BCUT2D eigenvalue weighted by Gasteiger charge is 2.25. The number of benzene rings is 1. The van der Waals surface area contributed by atoms with E-state index in [9.17, 15) is 4.79 Å². The van der Waals surface area contributed by atoms with E-state index in [2.05, 4.69) is 15.3 Å². The number of fused-ring (bicyclic) bond motifs is 1. The van der Waals surface area contributed by atoms with E-state index in [-0.39, 0.29) is 11.8 Å². The number of anilines is 1. The molecule has 24 heavy (non-hydrogen) atoms. The number of carbonyl (C=O) groups is 1. The second-order valence-electron chi connectivity index (χ2n) is 5.88. The van der Waals surface area contributed by atoms with Crippen LogP contribution in [-0.4, -0.2) is 29.1 Å². The van der Waals surface area contributed by atoms with Gasteiger partial charge >= 0.3 is 0 Å². The Morgan fingerprint density at radius 2 is 1.88 bits per heavy atom. The first-order valence-electron chi connectivity index (χ1n) is 7.93. The smallest absolute Gasteiger partial charge is 0.228 e. The van der Waals surface area contributed by atoms with Crippen LogP contribution >= 0.6 is 11.6 Å². The number of rotatable bonds is 3. The van der Waals surface area contributed by atoms with Crippen LogP contribution in [0.25, 0.3) is 11.3 Å². The molecule has 124 valence electrons. The lowest BCUT2D eigenvalue weighted by Gasteiger charge is -2.23. The second-order valence-corrected chi connectivity index (χ2v) is 6.29. The highest BCUT2D eigenvalue weighted by atomic mass is 35.5. The monoisotopic (exact) mass is 345 g/mol. The Kier molecular flexibility index (Phi) is 3.98. The zero-order chi connectivity index (χ0) is 16.5. The van der Waals surface area contributed by atoms with Gasteiger partial charge in [-0.05, 0) is 18.9 Å². The van der Waals surface area contributed by atoms with Gasteiger partial charge in [0.05, 0.1) is 23.1 Å². The Morgan fingerprint density at radius 1 is 1.12 bits per heavy atom. The summed E-state index contributed by atoms with van der Waals surface area (Å²) in [6, 6.07) is 3.52. The van der Waals surface area contributed by atoms with Crippen molar-refractivity contribution in [1.82, 2.24) is 9.97 Å². The molecule has 2 heterocycles. The van der Waals surface area contributed by atoms with Gasteiger partial charge in [-0.25, -0.2) is 4.98 Å². The minimum Gasteiger partial charge on any atom is -0.486 e. The van der Waals surface area contributed by atoms with E-state index in [0.717, 1.165) is 19.3 Å². The molecular formula is C17H16ClN3O3. The van der Waals surface area contributed by atoms with Gasteiger partial charge in [0.25, 0.3) is 0 Å². The van der Waals surface area contributed by atoms with Crippen LogP contribution in [0.15, 0.2) is 24.5 Å². The summed E-state index contributed by atoms with van der Waals surface area (Å²) in [7, 11) is 0. The van der Waals surface area contributed by atoms with Crippen LogP contribution in [0, 0.1) is 5.92 Å². The van der Waals surface area contributed by atoms with Crippen LogP contribution in [0.3, 0.4) is 0 Å². The van der Waals surface area contributed by atoms with Gasteiger partial charge in [-0.1, -0.05) is 18.0 Å². The molecule has 0 radical (unpaired) electrons. The van der Waals surface area contributed by atoms with Gasteiger partial charge < -0.3 is 14.8 Å². The lowest BCUT2D eigenvalue weighted by Crippen LogP contribution is -2.28. The molecule has 1 fully saturated rings. The number of hydrogen-bond donors (Lipinski definition) is 1. The third kappa shape index (κ3) is 2.89. The van der Waals surface area contributed by atoms with Crippen molar-refractivity contribution in [1.29, 1.82) is 0 Å². The molecular weight excluding hydrogens is 330 g/mol. The van der Waals surface area contributed by atoms with Gasteiger partial charge in [0.1, 0.15) is 13.2 Å². The maximum Gasteiger partial charge on any atom is 0.228 e. The van der Waals surface area contributed by atoms with Crippen molar-refractivity contribution in [2.45, 2.75) is 19.3 Å². The van der Waals surface area contributed by atoms with Gasteiger partial charge in [-0.15, -0.1) is 0 Å². The van der Waals surface area contributed by atoms with E-state index < -0.39 is 0 Å². The zero-order valence-corrected chi connectivity index (χ0v) is 13.7. The van der Waals surface area contributed by atoms with Crippen LogP contribution in [0.1, 0.15) is 19.3 Å². The summed E-state index contributed by atoms with van der Waals surface area (Å²) in [5.41, 5.74) is 1.32. The fourth-order valence-corrected chi connectivity index (χ4v) is 2.94. The van der Waals surface area contributed by atoms with Crippen LogP contribution in [0.4, 0.5) is 5.82 Å². The van der Waals surface area contributed by atoms with Crippen LogP contribution < -0.4 is 14.8 Å². The van der Waals surface area contributed by atoms with Crippen molar-refractivity contribution in [2.75, 3.05) is 18.5 Å². The summed E-state index contributed by atoms with van der Waals surface area (Å²) in [5, 5.41) is 3.31. The Bertz CT molecular complexity index is 775. The molecule has 2 aromatic rings. The predicted octanol–water partition coefficient (Wildman–Crippen LogP) is 3.31. The molecule has 2 aliphatic rings. The fourth-order valence-electron chi connectivity index (χ4n) is 2.69. The summed E-state index contributed by atoms with van der Waals surface area (Å²) in [6.45, 7) is 1.02. The first-order valence-corrected chi connectivity index (χ1v) is 8.31. The highest BCUT2D eigenvalue weighted by molar-refractivity contribution is 6.33. The SMILES string of the molecule is O=C(Nc1cnc(-c2cc3c(cc2Cl)OCCO3)cn1)C1CCC1. The molecule has 4 rings (SSSR count). The van der Waals surface area contributed by atoms with E-state index in [1.54, 1.807) is 24.5 Å². The summed E-state index contributed by atoms with van der Waals surface area (Å²) in [4.78, 5) is 20.6. The number of hydrogen-bond acceptors (Lipinski definition) is 5. The Labute approximate surface area is 144 Å². The normalized spacial score (nSPS) is 16.4. The summed E-state index contributed by atoms with van der Waals surface area (Å²) in [6.07, 6.45) is 6.15. The van der Waals surface area contributed by atoms with Crippen molar-refractivity contribution in [2.24, 2.45) is 5.92 Å². The molecule has 1 aliphatic heterocycles. The Morgan fingerprint density at radius 3 is 2.50 bits per heavy atom. The van der Waals surface area contributed by atoms with Crippen LogP contribution in [0.5, 0.6) is 11.5 Å². The molecule has 7 heteroatoms. The van der Waals surface area contributed by atoms with Gasteiger partial charge in [-0.3, -0.25) is 9.78 Å². The number of nitrogens with zero attached hydrogens (tertiary/aromatic N) is 2. The molecule has 0 bridgehead atoms. The Balaban J connectivity index is 1.55. The fraction of sp³-hybridized carbons (Fsp3) is 0.353. The van der Waals surface area contributed by atoms with Gasteiger partial charge in [0.15, 0.2) is 17.3 Å². The van der Waals surface area contributed by atoms with Gasteiger partial charge in [-0.2, -0.15) is 0 Å². The average Bonchev–Trinajstić information content (AvgIpc) is 2.53. The van der Waals surface area contributed by atoms with Crippen molar-refractivity contribution >= 4 is 23.3 Å². The number of ether oxygens (including phenoxy) is 2. The summed E-state index contributed by atoms with van der Waals surface area (Å²) < 4.78 is 11.1. The molecule has 1 aromatic heterocycles. The summed E-state index contributed by atoms with van der Waals surface area (Å²) in [5.74, 6) is 1.85. The van der Waals surface area contributed by atoms with Crippen molar-refractivity contribution < 1.29 is 14.3 Å². The number of nitrogens with one attached hydrogen (secondary N) is 1. The standard InChI is InChI=1S/C17H16ClN3O3/c18-12-7-15-14(23-4-5-24-15)6-11(12)13-8-20-16(9-19-13)21-17(22)10-2-1-3-10/h6-10H,1-5H2,(H,20,21,22). The van der Waals surface area contributed by atoms with Gasteiger partial charge in [0, 0.05) is 17.5 Å². The van der Waals surface area contributed by atoms with E-state index in [1.165, 1.54) is 0 Å². The number of amides is 1. The Hall–Kier alpha value is -2.34. The largest absolute Gasteiger partial charge is 0.486 e. The average molecular weight is 346 g/mol. The third-order valence-electron chi connectivity index (χ3n) is 4.29. The van der Waals surface area contributed by atoms with Gasteiger partial charge in [0.2, 0.25) is 5.91 Å². The highest BCUT2D eigenvalue weighted by Crippen LogP contribution is 2.39. The van der Waals surface area contributed by atoms with E-state index >= 15 is 0 Å². The quantitative estimate of drug-likeness (QED) is 0.923. The number of aromatic nitrogens is 2. The summed E-state index contributed by atoms with van der Waals surface area (Å²) >= 11 is 6.31. The molecule has 1 aliphatic carbocycles. The lowest BCUT2D eigenvalue weighted by atomic mass is 9.85. The van der Waals surface area contributed by atoms with Crippen molar-refractivity contribution in [3.63, 3.8) is 0 Å². The maximum atomic E-state index is 11.9. The minimum atomic E-state index is 0.0145. The molecule has 0 atom stereocenters. The maximum absolute atomic E-state index is 11.9. The molecule has 1 saturated carbocycles. The molecule has 0 unspecified atom stereocenters. The molecule has 0 spiro atoms. The van der Waals surface area contributed by atoms with Crippen LogP contribution in [0.2, 0.25) is 5.02 Å². The molecule has 0 saturated heterocycles. The predicted molar refractivity (Wildman–Crippen MR) is 89.4 cm³/mol. The lowest BCUT2D eigenvalue weighted by molar-refractivity contribution is -0.122. The van der Waals surface area contributed by atoms with E-state index in [4.69, 9.17) is 21.1 Å². The molecule has 1 aromatic carbocycles. The third-order valence-corrected chi connectivity index (χ3v) is 4.60. The minimum absolute atomic E-state index is 0.0145. The second kappa shape index (κ2) is 6.28. The number of halogens is 1. The van der Waals surface area contributed by atoms with Crippen LogP contribution in [-0.2, 0) is 4.79 Å². The van der Waals surface area contributed by atoms with E-state index in [0.29, 0.717) is 46.8 Å². The van der Waals surface area contributed by atoms with Crippen molar-refractivity contribution in [3.05, 3.63) is 29.5 Å². The van der Waals surface area contributed by atoms with E-state index in [1.807, 2.05) is 0 Å². The van der Waals surface area contributed by atoms with Crippen molar-refractivity contribution in [3.8, 4) is 22.8 Å².